The lowest BCUT2D eigenvalue weighted by atomic mass is 10.2. The Morgan fingerprint density at radius 2 is 2.11 bits per heavy atom. The number of thioether (sulfide) groups is 1. The summed E-state index contributed by atoms with van der Waals surface area (Å²) >= 11 is 3.03. The van der Waals surface area contributed by atoms with E-state index in [9.17, 15) is 9.59 Å². The fourth-order valence-corrected chi connectivity index (χ4v) is 4.63. The normalized spacial score (nSPS) is 14.5. The second-order valence-electron chi connectivity index (χ2n) is 6.46. The highest BCUT2D eigenvalue weighted by molar-refractivity contribution is 8.00. The number of hydrogen-bond donors (Lipinski definition) is 1. The summed E-state index contributed by atoms with van der Waals surface area (Å²) in [5, 5.41) is 13.6. The summed E-state index contributed by atoms with van der Waals surface area (Å²) in [5.74, 6) is 0.531. The maximum absolute atomic E-state index is 13.1. The second-order valence-corrected chi connectivity index (χ2v) is 8.80. The van der Waals surface area contributed by atoms with Gasteiger partial charge in [0.15, 0.2) is 5.16 Å². The van der Waals surface area contributed by atoms with E-state index in [0.29, 0.717) is 17.3 Å². The van der Waals surface area contributed by atoms with Crippen LogP contribution in [0.15, 0.2) is 46.9 Å². The zero-order valence-corrected chi connectivity index (χ0v) is 17.1. The van der Waals surface area contributed by atoms with Crippen molar-refractivity contribution in [3.05, 3.63) is 52.5 Å². The largest absolute Gasteiger partial charge is 0.323 e. The van der Waals surface area contributed by atoms with Gasteiger partial charge in [0.05, 0.1) is 16.6 Å². The van der Waals surface area contributed by atoms with Gasteiger partial charge in [-0.3, -0.25) is 14.5 Å². The van der Waals surface area contributed by atoms with Gasteiger partial charge in [0.2, 0.25) is 11.8 Å². The molecular formula is C19H19N5O2S2. The first-order chi connectivity index (χ1) is 13.5. The Bertz CT molecular complexity index is 1020. The van der Waals surface area contributed by atoms with Crippen LogP contribution in [0.1, 0.15) is 17.6 Å². The Morgan fingerprint density at radius 1 is 1.29 bits per heavy atom. The van der Waals surface area contributed by atoms with Crippen molar-refractivity contribution in [2.75, 3.05) is 16.8 Å². The minimum atomic E-state index is -0.406. The van der Waals surface area contributed by atoms with Crippen LogP contribution in [-0.4, -0.2) is 38.4 Å². The number of rotatable bonds is 5. The van der Waals surface area contributed by atoms with Gasteiger partial charge < -0.3 is 9.88 Å². The van der Waals surface area contributed by atoms with E-state index in [1.54, 1.807) is 17.4 Å². The van der Waals surface area contributed by atoms with Gasteiger partial charge in [0.25, 0.3) is 0 Å². The molecule has 0 fully saturated rings. The molecule has 1 N–H and O–H groups in total. The quantitative estimate of drug-likeness (QED) is 0.651. The number of hydrogen-bond acceptors (Lipinski definition) is 6. The molecule has 1 aromatic carbocycles. The first-order valence-electron chi connectivity index (χ1n) is 8.80. The van der Waals surface area contributed by atoms with Crippen molar-refractivity contribution in [1.29, 1.82) is 0 Å². The Labute approximate surface area is 170 Å². The smallest absolute Gasteiger partial charge is 0.244 e. The van der Waals surface area contributed by atoms with Gasteiger partial charge in [0.1, 0.15) is 12.4 Å². The van der Waals surface area contributed by atoms with Gasteiger partial charge in [0, 0.05) is 18.3 Å². The monoisotopic (exact) mass is 413 g/mol. The van der Waals surface area contributed by atoms with E-state index in [2.05, 4.69) is 21.6 Å². The molecule has 0 aliphatic carbocycles. The summed E-state index contributed by atoms with van der Waals surface area (Å²) in [6, 6.07) is 11.4. The highest BCUT2D eigenvalue weighted by Crippen LogP contribution is 2.32. The van der Waals surface area contributed by atoms with Crippen molar-refractivity contribution >= 4 is 46.3 Å². The summed E-state index contributed by atoms with van der Waals surface area (Å²) < 4.78 is 1.92. The average molecular weight is 414 g/mol. The number of benzene rings is 1. The topological polar surface area (TPSA) is 80.1 Å². The van der Waals surface area contributed by atoms with Gasteiger partial charge in [-0.1, -0.05) is 30.0 Å². The van der Waals surface area contributed by atoms with E-state index in [0.717, 1.165) is 11.5 Å². The second kappa shape index (κ2) is 7.76. The molecule has 1 atom stereocenters. The fraction of sp³-hybridized carbons (Fsp3) is 0.263. The van der Waals surface area contributed by atoms with Gasteiger partial charge in [-0.2, -0.15) is 0 Å². The minimum absolute atomic E-state index is 0.0171. The third-order valence-electron chi connectivity index (χ3n) is 4.50. The van der Waals surface area contributed by atoms with Crippen LogP contribution in [0.2, 0.25) is 0 Å². The number of aromatic nitrogens is 3. The summed E-state index contributed by atoms with van der Waals surface area (Å²) in [4.78, 5) is 27.8. The molecule has 4 rings (SSSR count). The lowest BCUT2D eigenvalue weighted by Gasteiger charge is -2.30. The molecule has 9 heteroatoms. The molecule has 2 amide bonds. The van der Waals surface area contributed by atoms with Gasteiger partial charge in [-0.15, -0.1) is 21.5 Å². The van der Waals surface area contributed by atoms with Crippen LogP contribution in [0.5, 0.6) is 0 Å². The molecule has 0 bridgehead atoms. The SMILES string of the molecule is C[C@H](Sc1nnc(Cc2cccs2)n1C)C(=O)N1CC(=O)Nc2ccccc21. The highest BCUT2D eigenvalue weighted by atomic mass is 32.2. The lowest BCUT2D eigenvalue weighted by molar-refractivity contribution is -0.121. The average Bonchev–Trinajstić information content (AvgIpc) is 3.32. The van der Waals surface area contributed by atoms with Crippen molar-refractivity contribution in [2.24, 2.45) is 7.05 Å². The maximum Gasteiger partial charge on any atom is 0.244 e. The van der Waals surface area contributed by atoms with E-state index < -0.39 is 5.25 Å². The number of nitrogens with one attached hydrogen (secondary N) is 1. The number of fused-ring (bicyclic) bond motifs is 1. The zero-order chi connectivity index (χ0) is 19.7. The predicted octanol–water partition coefficient (Wildman–Crippen LogP) is 2.93. The molecule has 0 saturated carbocycles. The van der Waals surface area contributed by atoms with Crippen LogP contribution in [0.3, 0.4) is 0 Å². The van der Waals surface area contributed by atoms with Crippen molar-refractivity contribution in [3.8, 4) is 0 Å². The van der Waals surface area contributed by atoms with Crippen molar-refractivity contribution in [3.63, 3.8) is 0 Å². The molecule has 1 aliphatic heterocycles. The van der Waals surface area contributed by atoms with E-state index in [4.69, 9.17) is 0 Å². The fourth-order valence-electron chi connectivity index (χ4n) is 3.03. The van der Waals surface area contributed by atoms with E-state index >= 15 is 0 Å². The Kier molecular flexibility index (Phi) is 5.19. The number of carbonyl (C=O) groups excluding carboxylic acids is 2. The van der Waals surface area contributed by atoms with Crippen molar-refractivity contribution < 1.29 is 9.59 Å². The molecule has 0 radical (unpaired) electrons. The number of amides is 2. The number of carbonyl (C=O) groups is 2. The van der Waals surface area contributed by atoms with Crippen LogP contribution >= 0.6 is 23.1 Å². The minimum Gasteiger partial charge on any atom is -0.323 e. The molecule has 1 aliphatic rings. The van der Waals surface area contributed by atoms with Crippen LogP contribution in [0.25, 0.3) is 0 Å². The highest BCUT2D eigenvalue weighted by Gasteiger charge is 2.30. The molecule has 3 aromatic rings. The predicted molar refractivity (Wildman–Crippen MR) is 111 cm³/mol. The molecule has 28 heavy (non-hydrogen) atoms. The van der Waals surface area contributed by atoms with E-state index in [1.165, 1.54) is 21.5 Å². The lowest BCUT2D eigenvalue weighted by Crippen LogP contribution is -2.45. The standard InChI is InChI=1S/C19H19N5O2S2/c1-12(18(26)24-11-17(25)20-14-7-3-4-8-15(14)24)28-19-22-21-16(23(19)2)10-13-6-5-9-27-13/h3-9,12H,10-11H2,1-2H3,(H,20,25)/t12-/m0/s1. The maximum atomic E-state index is 13.1. The van der Waals surface area contributed by atoms with E-state index in [1.807, 2.05) is 48.2 Å². The Hall–Kier alpha value is -2.65. The summed E-state index contributed by atoms with van der Waals surface area (Å²) in [6.07, 6.45) is 0.712. The molecule has 0 unspecified atom stereocenters. The molecular weight excluding hydrogens is 394 g/mol. The van der Waals surface area contributed by atoms with Gasteiger partial charge >= 0.3 is 0 Å². The Morgan fingerprint density at radius 3 is 2.89 bits per heavy atom. The summed E-state index contributed by atoms with van der Waals surface area (Å²) in [6.45, 7) is 1.85. The molecule has 3 heterocycles. The third-order valence-corrected chi connectivity index (χ3v) is 6.50. The van der Waals surface area contributed by atoms with Crippen molar-refractivity contribution in [2.45, 2.75) is 23.8 Å². The van der Waals surface area contributed by atoms with Crippen LogP contribution < -0.4 is 10.2 Å². The zero-order valence-electron chi connectivity index (χ0n) is 15.5. The van der Waals surface area contributed by atoms with Crippen molar-refractivity contribution in [1.82, 2.24) is 14.8 Å². The molecule has 2 aromatic heterocycles. The number of nitrogens with zero attached hydrogens (tertiary/aromatic N) is 4. The molecule has 0 saturated heterocycles. The Balaban J connectivity index is 1.50. The number of thiophene rings is 1. The number of anilines is 2. The van der Waals surface area contributed by atoms with Gasteiger partial charge in [-0.05, 0) is 30.5 Å². The number of para-hydroxylation sites is 2. The van der Waals surface area contributed by atoms with Crippen LogP contribution in [-0.2, 0) is 23.1 Å². The molecule has 7 nitrogen and oxygen atoms in total. The summed E-state index contributed by atoms with van der Waals surface area (Å²) in [5.41, 5.74) is 1.37. The van der Waals surface area contributed by atoms with Crippen LogP contribution in [0, 0.1) is 0 Å². The first-order valence-corrected chi connectivity index (χ1v) is 10.6. The van der Waals surface area contributed by atoms with Crippen LogP contribution in [0.4, 0.5) is 11.4 Å². The van der Waals surface area contributed by atoms with Gasteiger partial charge in [-0.25, -0.2) is 0 Å². The molecule has 144 valence electrons. The van der Waals surface area contributed by atoms with E-state index in [-0.39, 0.29) is 18.4 Å². The third kappa shape index (κ3) is 3.67. The first kappa shape index (κ1) is 18.7. The molecule has 0 spiro atoms. The summed E-state index contributed by atoms with van der Waals surface area (Å²) in [7, 11) is 1.91.